The summed E-state index contributed by atoms with van der Waals surface area (Å²) in [6.07, 6.45) is 2.02. The summed E-state index contributed by atoms with van der Waals surface area (Å²) in [5.74, 6) is 0.301. The van der Waals surface area contributed by atoms with E-state index in [1.165, 1.54) is 0 Å². The van der Waals surface area contributed by atoms with Gasteiger partial charge in [0.2, 0.25) is 0 Å². The van der Waals surface area contributed by atoms with Gasteiger partial charge in [-0.2, -0.15) is 0 Å². The van der Waals surface area contributed by atoms with E-state index >= 15 is 0 Å². The van der Waals surface area contributed by atoms with Crippen molar-refractivity contribution in [3.8, 4) is 0 Å². The number of carbonyl (C=O) groups is 1. The smallest absolute Gasteiger partial charge is 0.310 e. The maximum absolute atomic E-state index is 11.4. The summed E-state index contributed by atoms with van der Waals surface area (Å²) in [7, 11) is 0. The molecule has 0 aromatic heterocycles. The first-order valence-electron chi connectivity index (χ1n) is 4.49. The van der Waals surface area contributed by atoms with Gasteiger partial charge in [-0.05, 0) is 23.2 Å². The Hall–Kier alpha value is -0.310. The molecule has 0 N–H and O–H groups in total. The van der Waals surface area contributed by atoms with E-state index in [4.69, 9.17) is 4.74 Å². The van der Waals surface area contributed by atoms with E-state index in [-0.39, 0.29) is 17.3 Å². The highest BCUT2D eigenvalue weighted by atomic mass is 79.9. The van der Waals surface area contributed by atoms with Crippen molar-refractivity contribution in [1.82, 2.24) is 0 Å². The Labute approximate surface area is 87.5 Å². The van der Waals surface area contributed by atoms with E-state index in [0.29, 0.717) is 12.5 Å². The van der Waals surface area contributed by atoms with Gasteiger partial charge in [0.05, 0.1) is 12.5 Å². The second kappa shape index (κ2) is 3.82. The fourth-order valence-electron chi connectivity index (χ4n) is 1.80. The Morgan fingerprint density at radius 2 is 2.23 bits per heavy atom. The summed E-state index contributed by atoms with van der Waals surface area (Å²) in [5.41, 5.74) is 0.0660. The average Bonchev–Trinajstić information content (AvgIpc) is 2.55. The maximum Gasteiger partial charge on any atom is 0.310 e. The number of esters is 1. The van der Waals surface area contributed by atoms with Crippen molar-refractivity contribution in [3.63, 3.8) is 0 Å². The zero-order chi connectivity index (χ0) is 10.1. The highest BCUT2D eigenvalue weighted by molar-refractivity contribution is 9.11. The van der Waals surface area contributed by atoms with Crippen LogP contribution in [-0.2, 0) is 9.53 Å². The molecule has 2 unspecified atom stereocenters. The molecule has 2 atom stereocenters. The second-order valence-corrected chi connectivity index (χ2v) is 4.42. The van der Waals surface area contributed by atoms with Crippen LogP contribution in [0.2, 0.25) is 0 Å². The number of hydrogen-bond acceptors (Lipinski definition) is 2. The van der Waals surface area contributed by atoms with Gasteiger partial charge in [-0.3, -0.25) is 4.79 Å². The summed E-state index contributed by atoms with van der Waals surface area (Å²) >= 11 is 3.22. The molecule has 0 saturated heterocycles. The van der Waals surface area contributed by atoms with Crippen LogP contribution in [0.25, 0.3) is 0 Å². The lowest BCUT2D eigenvalue weighted by atomic mass is 10.1. The molecule has 1 rings (SSSR count). The first-order valence-corrected chi connectivity index (χ1v) is 5.40. The number of rotatable bonds is 3. The summed E-state index contributed by atoms with van der Waals surface area (Å²) in [4.78, 5) is 13.3. The predicted molar refractivity (Wildman–Crippen MR) is 55.5 cm³/mol. The third-order valence-electron chi connectivity index (χ3n) is 2.73. The van der Waals surface area contributed by atoms with E-state index in [0.717, 1.165) is 0 Å². The maximum atomic E-state index is 11.4. The quantitative estimate of drug-likeness (QED) is 0.717. The normalized spacial score (nSPS) is 30.5. The summed E-state index contributed by atoms with van der Waals surface area (Å²) in [6.45, 7) is 6.48. The molecular formula is C10H15BrO2. The van der Waals surface area contributed by atoms with Crippen molar-refractivity contribution in [1.29, 1.82) is 0 Å². The van der Waals surface area contributed by atoms with Gasteiger partial charge < -0.3 is 4.74 Å². The van der Waals surface area contributed by atoms with Crippen LogP contribution in [0.5, 0.6) is 0 Å². The molecule has 1 fully saturated rings. The standard InChI is InChI=1S/C10H15BrO2/c1-4-13-9(12)8-7(5-6-11)10(8,2)3/h5-8H,4H2,1-3H3. The molecule has 0 aromatic carbocycles. The first kappa shape index (κ1) is 10.8. The Bertz CT molecular complexity index is 233. The van der Waals surface area contributed by atoms with Crippen LogP contribution in [0, 0.1) is 17.3 Å². The Morgan fingerprint density at radius 1 is 1.62 bits per heavy atom. The van der Waals surface area contributed by atoms with Crippen molar-refractivity contribution in [2.75, 3.05) is 6.61 Å². The minimum atomic E-state index is -0.0666. The molecule has 0 amide bonds. The lowest BCUT2D eigenvalue weighted by Gasteiger charge is -2.01. The van der Waals surface area contributed by atoms with Gasteiger partial charge in [0, 0.05) is 0 Å². The Morgan fingerprint density at radius 3 is 2.69 bits per heavy atom. The molecule has 0 spiro atoms. The molecule has 0 radical (unpaired) electrons. The molecule has 74 valence electrons. The average molecular weight is 247 g/mol. The highest BCUT2D eigenvalue weighted by Gasteiger charge is 2.61. The molecule has 0 aromatic rings. The number of hydrogen-bond donors (Lipinski definition) is 0. The molecular weight excluding hydrogens is 232 g/mol. The largest absolute Gasteiger partial charge is 0.466 e. The van der Waals surface area contributed by atoms with E-state index in [1.807, 2.05) is 18.0 Å². The topological polar surface area (TPSA) is 26.3 Å². The van der Waals surface area contributed by atoms with Crippen molar-refractivity contribution in [3.05, 3.63) is 11.1 Å². The summed E-state index contributed by atoms with van der Waals surface area (Å²) < 4.78 is 4.99. The fourth-order valence-corrected chi connectivity index (χ4v) is 2.13. The molecule has 1 aliphatic rings. The molecule has 1 aliphatic carbocycles. The van der Waals surface area contributed by atoms with Crippen LogP contribution in [0.1, 0.15) is 20.8 Å². The van der Waals surface area contributed by atoms with Crippen LogP contribution in [0.3, 0.4) is 0 Å². The predicted octanol–water partition coefficient (Wildman–Crippen LogP) is 2.73. The molecule has 13 heavy (non-hydrogen) atoms. The fraction of sp³-hybridized carbons (Fsp3) is 0.700. The molecule has 3 heteroatoms. The third-order valence-corrected chi connectivity index (χ3v) is 3.04. The van der Waals surface area contributed by atoms with Crippen molar-refractivity contribution in [2.45, 2.75) is 20.8 Å². The molecule has 0 bridgehead atoms. The van der Waals surface area contributed by atoms with Crippen LogP contribution in [-0.4, -0.2) is 12.6 Å². The third kappa shape index (κ3) is 1.96. The highest BCUT2D eigenvalue weighted by Crippen LogP contribution is 2.59. The van der Waals surface area contributed by atoms with Gasteiger partial charge in [-0.15, -0.1) is 0 Å². The number of halogens is 1. The van der Waals surface area contributed by atoms with Gasteiger partial charge in [0.15, 0.2) is 0 Å². The zero-order valence-corrected chi connectivity index (χ0v) is 9.80. The van der Waals surface area contributed by atoms with Crippen LogP contribution < -0.4 is 0 Å². The monoisotopic (exact) mass is 246 g/mol. The van der Waals surface area contributed by atoms with E-state index in [2.05, 4.69) is 29.8 Å². The molecule has 0 heterocycles. The van der Waals surface area contributed by atoms with Gasteiger partial charge in [-0.1, -0.05) is 35.9 Å². The number of ether oxygens (including phenoxy) is 1. The van der Waals surface area contributed by atoms with Crippen molar-refractivity contribution >= 4 is 21.9 Å². The van der Waals surface area contributed by atoms with Crippen LogP contribution in [0.4, 0.5) is 0 Å². The summed E-state index contributed by atoms with van der Waals surface area (Å²) in [6, 6.07) is 0. The van der Waals surface area contributed by atoms with E-state index in [1.54, 1.807) is 0 Å². The lowest BCUT2D eigenvalue weighted by Crippen LogP contribution is -2.10. The van der Waals surface area contributed by atoms with Gasteiger partial charge in [-0.25, -0.2) is 0 Å². The minimum Gasteiger partial charge on any atom is -0.466 e. The zero-order valence-electron chi connectivity index (χ0n) is 8.21. The van der Waals surface area contributed by atoms with E-state index < -0.39 is 0 Å². The van der Waals surface area contributed by atoms with Crippen LogP contribution in [0.15, 0.2) is 11.1 Å². The number of allylic oxidation sites excluding steroid dienone is 1. The van der Waals surface area contributed by atoms with Crippen molar-refractivity contribution < 1.29 is 9.53 Å². The second-order valence-electron chi connectivity index (χ2n) is 3.90. The minimum absolute atomic E-state index is 0.0428. The van der Waals surface area contributed by atoms with Gasteiger partial charge >= 0.3 is 5.97 Å². The summed E-state index contributed by atoms with van der Waals surface area (Å²) in [5, 5.41) is 0. The van der Waals surface area contributed by atoms with E-state index in [9.17, 15) is 4.79 Å². The van der Waals surface area contributed by atoms with Crippen LogP contribution >= 0.6 is 15.9 Å². The molecule has 2 nitrogen and oxygen atoms in total. The lowest BCUT2D eigenvalue weighted by molar-refractivity contribution is -0.145. The van der Waals surface area contributed by atoms with Crippen molar-refractivity contribution in [2.24, 2.45) is 17.3 Å². The first-order chi connectivity index (χ1) is 6.05. The Kier molecular flexibility index (Phi) is 3.17. The van der Waals surface area contributed by atoms with Gasteiger partial charge in [0.1, 0.15) is 0 Å². The molecule has 0 aliphatic heterocycles. The SMILES string of the molecule is CCOC(=O)C1C(C=CBr)C1(C)C. The molecule has 1 saturated carbocycles. The number of carbonyl (C=O) groups excluding carboxylic acids is 1. The Balaban J connectivity index is 2.59. The van der Waals surface area contributed by atoms with Gasteiger partial charge in [0.25, 0.3) is 0 Å².